The number of halogens is 3. The van der Waals surface area contributed by atoms with E-state index < -0.39 is 17.6 Å². The highest BCUT2D eigenvalue weighted by Crippen LogP contribution is 2.39. The molecule has 0 spiro atoms. The van der Waals surface area contributed by atoms with Gasteiger partial charge in [-0.2, -0.15) is 13.2 Å². The largest absolute Gasteiger partial charge is 0.508 e. The SMILES string of the molecule is O=C(Nc1oc(-c2ccccc2-c2cccc(O)c2)nc1-c1ccc(C(F)(F)F)cc1)c1ccccc1. The van der Waals surface area contributed by atoms with Gasteiger partial charge in [-0.1, -0.05) is 60.7 Å². The molecule has 0 bridgehead atoms. The van der Waals surface area contributed by atoms with Crippen LogP contribution >= 0.6 is 0 Å². The Balaban J connectivity index is 1.61. The number of phenols is 1. The standard InChI is InChI=1S/C29H19F3N2O3/c30-29(31,32)21-15-13-18(14-16-21)25-28(34-26(36)19-7-2-1-3-8-19)37-27(33-25)24-12-5-4-11-23(24)20-9-6-10-22(35)17-20/h1-17,35H,(H,34,36). The number of rotatable bonds is 5. The first-order valence-corrected chi connectivity index (χ1v) is 11.2. The monoisotopic (exact) mass is 500 g/mol. The van der Waals surface area contributed by atoms with Crippen LogP contribution in [0.25, 0.3) is 33.8 Å². The predicted molar refractivity (Wildman–Crippen MR) is 134 cm³/mol. The van der Waals surface area contributed by atoms with Crippen LogP contribution in [-0.4, -0.2) is 16.0 Å². The first-order chi connectivity index (χ1) is 17.8. The quantitative estimate of drug-likeness (QED) is 0.260. The maximum absolute atomic E-state index is 13.1. The molecule has 0 saturated heterocycles. The zero-order valence-corrected chi connectivity index (χ0v) is 19.2. The Bertz CT molecular complexity index is 1560. The molecule has 0 fully saturated rings. The number of anilines is 1. The van der Waals surface area contributed by atoms with E-state index in [1.54, 1.807) is 60.7 Å². The lowest BCUT2D eigenvalue weighted by Crippen LogP contribution is -2.11. The summed E-state index contributed by atoms with van der Waals surface area (Å²) < 4.78 is 45.3. The molecule has 0 atom stereocenters. The molecule has 0 aliphatic carbocycles. The second kappa shape index (κ2) is 9.66. The topological polar surface area (TPSA) is 75.4 Å². The fraction of sp³-hybridized carbons (Fsp3) is 0.0345. The molecule has 5 rings (SSSR count). The van der Waals surface area contributed by atoms with E-state index in [2.05, 4.69) is 10.3 Å². The molecule has 5 nitrogen and oxygen atoms in total. The van der Waals surface area contributed by atoms with Gasteiger partial charge >= 0.3 is 6.18 Å². The number of alkyl halides is 3. The lowest BCUT2D eigenvalue weighted by Gasteiger charge is -2.07. The fourth-order valence-corrected chi connectivity index (χ4v) is 3.89. The lowest BCUT2D eigenvalue weighted by molar-refractivity contribution is -0.137. The average Bonchev–Trinajstić information content (AvgIpc) is 3.32. The molecule has 1 aromatic heterocycles. The van der Waals surface area contributed by atoms with Crippen molar-refractivity contribution in [3.8, 4) is 39.6 Å². The van der Waals surface area contributed by atoms with Crippen LogP contribution in [-0.2, 0) is 6.18 Å². The molecule has 1 amide bonds. The smallest absolute Gasteiger partial charge is 0.416 e. The Morgan fingerprint density at radius 2 is 1.46 bits per heavy atom. The van der Waals surface area contributed by atoms with Crippen molar-refractivity contribution < 1.29 is 27.5 Å². The zero-order chi connectivity index (χ0) is 26.0. The molecule has 0 aliphatic heterocycles. The van der Waals surface area contributed by atoms with Gasteiger partial charge in [0.05, 0.1) is 5.56 Å². The van der Waals surface area contributed by atoms with Gasteiger partial charge in [0.2, 0.25) is 11.8 Å². The number of amides is 1. The van der Waals surface area contributed by atoms with Gasteiger partial charge in [0, 0.05) is 16.7 Å². The van der Waals surface area contributed by atoms with Crippen LogP contribution in [0.4, 0.5) is 19.1 Å². The number of nitrogens with zero attached hydrogens (tertiary/aromatic N) is 1. The van der Waals surface area contributed by atoms with E-state index in [0.717, 1.165) is 12.1 Å². The summed E-state index contributed by atoms with van der Waals surface area (Å²) >= 11 is 0. The summed E-state index contributed by atoms with van der Waals surface area (Å²) in [4.78, 5) is 17.5. The Labute approximate surface area is 209 Å². The molecule has 0 unspecified atom stereocenters. The lowest BCUT2D eigenvalue weighted by atomic mass is 9.99. The average molecular weight is 500 g/mol. The fourth-order valence-electron chi connectivity index (χ4n) is 3.89. The zero-order valence-electron chi connectivity index (χ0n) is 19.2. The van der Waals surface area contributed by atoms with E-state index in [4.69, 9.17) is 4.42 Å². The van der Waals surface area contributed by atoms with Crippen LogP contribution in [0.3, 0.4) is 0 Å². The third-order valence-electron chi connectivity index (χ3n) is 5.69. The van der Waals surface area contributed by atoms with E-state index in [1.807, 2.05) is 18.2 Å². The van der Waals surface area contributed by atoms with Gasteiger partial charge < -0.3 is 9.52 Å². The molecular weight excluding hydrogens is 481 g/mol. The highest BCUT2D eigenvalue weighted by Gasteiger charge is 2.30. The molecule has 0 radical (unpaired) electrons. The van der Waals surface area contributed by atoms with Crippen molar-refractivity contribution >= 4 is 11.8 Å². The molecule has 184 valence electrons. The molecule has 2 N–H and O–H groups in total. The number of aromatic hydroxyl groups is 1. The van der Waals surface area contributed by atoms with Crippen LogP contribution in [0, 0.1) is 0 Å². The molecule has 0 aliphatic rings. The summed E-state index contributed by atoms with van der Waals surface area (Å²) in [6.07, 6.45) is -4.49. The number of carbonyl (C=O) groups is 1. The van der Waals surface area contributed by atoms with Gasteiger partial charge in [-0.3, -0.25) is 10.1 Å². The van der Waals surface area contributed by atoms with Crippen molar-refractivity contribution in [3.05, 3.63) is 114 Å². The number of hydrogen-bond donors (Lipinski definition) is 2. The highest BCUT2D eigenvalue weighted by atomic mass is 19.4. The van der Waals surface area contributed by atoms with Crippen molar-refractivity contribution in [2.24, 2.45) is 0 Å². The minimum atomic E-state index is -4.49. The van der Waals surface area contributed by atoms with Crippen molar-refractivity contribution in [1.29, 1.82) is 0 Å². The van der Waals surface area contributed by atoms with Gasteiger partial charge in [-0.05, 0) is 53.6 Å². The number of carbonyl (C=O) groups excluding carboxylic acids is 1. The Hall–Kier alpha value is -4.85. The molecule has 8 heteroatoms. The van der Waals surface area contributed by atoms with E-state index in [0.29, 0.717) is 27.8 Å². The number of benzene rings is 4. The summed E-state index contributed by atoms with van der Waals surface area (Å²) in [6, 6.07) is 26.8. The number of hydrogen-bond acceptors (Lipinski definition) is 4. The third-order valence-corrected chi connectivity index (χ3v) is 5.69. The molecule has 4 aromatic carbocycles. The number of phenolic OH excluding ortho intramolecular Hbond substituents is 1. The Morgan fingerprint density at radius 1 is 0.784 bits per heavy atom. The highest BCUT2D eigenvalue weighted by molar-refractivity contribution is 6.05. The van der Waals surface area contributed by atoms with E-state index in [1.165, 1.54) is 12.1 Å². The summed E-state index contributed by atoms with van der Waals surface area (Å²) in [5.41, 5.74) is 2.07. The van der Waals surface area contributed by atoms with Gasteiger partial charge in [-0.15, -0.1) is 0 Å². The summed E-state index contributed by atoms with van der Waals surface area (Å²) in [5.74, 6) is -0.231. The van der Waals surface area contributed by atoms with Crippen molar-refractivity contribution in [3.63, 3.8) is 0 Å². The normalized spacial score (nSPS) is 11.3. The van der Waals surface area contributed by atoms with Crippen LogP contribution in [0.15, 0.2) is 108 Å². The van der Waals surface area contributed by atoms with Crippen molar-refractivity contribution in [2.45, 2.75) is 6.18 Å². The van der Waals surface area contributed by atoms with Gasteiger partial charge in [0.25, 0.3) is 5.91 Å². The maximum Gasteiger partial charge on any atom is 0.416 e. The molecule has 1 heterocycles. The van der Waals surface area contributed by atoms with Gasteiger partial charge in [0.1, 0.15) is 11.4 Å². The number of nitrogens with one attached hydrogen (secondary N) is 1. The molecular formula is C29H19F3N2O3. The first kappa shape index (κ1) is 23.9. The molecule has 0 saturated carbocycles. The molecule has 37 heavy (non-hydrogen) atoms. The van der Waals surface area contributed by atoms with Crippen LogP contribution in [0.1, 0.15) is 15.9 Å². The van der Waals surface area contributed by atoms with E-state index >= 15 is 0 Å². The van der Waals surface area contributed by atoms with E-state index in [9.17, 15) is 23.1 Å². The third kappa shape index (κ3) is 5.08. The van der Waals surface area contributed by atoms with Crippen LogP contribution < -0.4 is 5.32 Å². The van der Waals surface area contributed by atoms with Crippen LogP contribution in [0.2, 0.25) is 0 Å². The minimum absolute atomic E-state index is 0.00526. The maximum atomic E-state index is 13.1. The summed E-state index contributed by atoms with van der Waals surface area (Å²) in [6.45, 7) is 0. The van der Waals surface area contributed by atoms with Crippen molar-refractivity contribution in [2.75, 3.05) is 5.32 Å². The Morgan fingerprint density at radius 3 is 2.14 bits per heavy atom. The first-order valence-electron chi connectivity index (χ1n) is 11.2. The predicted octanol–water partition coefficient (Wildman–Crippen LogP) is 7.65. The van der Waals surface area contributed by atoms with Gasteiger partial charge in [0.15, 0.2) is 0 Å². The number of aromatic nitrogens is 1. The van der Waals surface area contributed by atoms with Crippen molar-refractivity contribution in [1.82, 2.24) is 4.98 Å². The van der Waals surface area contributed by atoms with Gasteiger partial charge in [-0.25, -0.2) is 4.98 Å². The second-order valence-corrected chi connectivity index (χ2v) is 8.19. The number of oxazole rings is 1. The summed E-state index contributed by atoms with van der Waals surface area (Å²) in [7, 11) is 0. The van der Waals surface area contributed by atoms with E-state index in [-0.39, 0.29) is 23.2 Å². The summed E-state index contributed by atoms with van der Waals surface area (Å²) in [5, 5.41) is 12.7. The minimum Gasteiger partial charge on any atom is -0.508 e. The molecule has 5 aromatic rings. The second-order valence-electron chi connectivity index (χ2n) is 8.19. The Kier molecular flexibility index (Phi) is 6.23. The van der Waals surface area contributed by atoms with Crippen LogP contribution in [0.5, 0.6) is 5.75 Å².